The molecule has 1 fully saturated rings. The van der Waals surface area contributed by atoms with Gasteiger partial charge in [-0.25, -0.2) is 4.79 Å². The van der Waals surface area contributed by atoms with E-state index in [0.29, 0.717) is 31.5 Å². The average molecular weight is 376 g/mol. The van der Waals surface area contributed by atoms with Crippen molar-refractivity contribution < 1.29 is 14.5 Å². The topological polar surface area (TPSA) is 95.8 Å². The van der Waals surface area contributed by atoms with Crippen molar-refractivity contribution in [1.82, 2.24) is 15.1 Å². The average Bonchev–Trinajstić information content (AvgIpc) is 2.88. The van der Waals surface area contributed by atoms with Crippen LogP contribution in [0.25, 0.3) is 0 Å². The molecule has 1 aromatic carbocycles. The van der Waals surface area contributed by atoms with Gasteiger partial charge in [0.15, 0.2) is 0 Å². The summed E-state index contributed by atoms with van der Waals surface area (Å²) in [6.07, 6.45) is 4.43. The second-order valence-electron chi connectivity index (χ2n) is 6.92. The van der Waals surface area contributed by atoms with Crippen LogP contribution in [0.1, 0.15) is 50.6 Å². The molecule has 1 aliphatic heterocycles. The van der Waals surface area contributed by atoms with Gasteiger partial charge in [-0.15, -0.1) is 0 Å². The van der Waals surface area contributed by atoms with Crippen molar-refractivity contribution in [3.05, 3.63) is 39.9 Å². The van der Waals surface area contributed by atoms with Gasteiger partial charge < -0.3 is 15.1 Å². The molecule has 1 N–H and O–H groups in total. The maximum atomic E-state index is 12.3. The molecule has 3 amide bonds. The fourth-order valence-corrected chi connectivity index (χ4v) is 3.16. The number of likely N-dealkylation sites (tertiary alicyclic amines) is 1. The Hall–Kier alpha value is -2.64. The third-order valence-electron chi connectivity index (χ3n) is 5.02. The van der Waals surface area contributed by atoms with E-state index in [2.05, 4.69) is 5.32 Å². The maximum Gasteiger partial charge on any atom is 0.317 e. The van der Waals surface area contributed by atoms with Crippen LogP contribution in [-0.2, 0) is 4.79 Å². The van der Waals surface area contributed by atoms with Crippen molar-refractivity contribution in [2.75, 3.05) is 26.7 Å². The first kappa shape index (κ1) is 20.7. The van der Waals surface area contributed by atoms with Crippen molar-refractivity contribution >= 4 is 17.6 Å². The Labute approximate surface area is 159 Å². The molecule has 148 valence electrons. The molecule has 1 aliphatic rings. The minimum absolute atomic E-state index is 0.00951. The minimum atomic E-state index is -0.444. The first-order chi connectivity index (χ1) is 12.9. The Morgan fingerprint density at radius 1 is 1.37 bits per heavy atom. The molecular formula is C19H28N4O4. The summed E-state index contributed by atoms with van der Waals surface area (Å²) in [6, 6.07) is 5.77. The summed E-state index contributed by atoms with van der Waals surface area (Å²) in [5.41, 5.74) is 0.715. The van der Waals surface area contributed by atoms with Gasteiger partial charge in [-0.05, 0) is 31.7 Å². The van der Waals surface area contributed by atoms with Crippen LogP contribution in [0.15, 0.2) is 24.3 Å². The van der Waals surface area contributed by atoms with Crippen LogP contribution in [0.5, 0.6) is 0 Å². The van der Waals surface area contributed by atoms with Gasteiger partial charge in [0.25, 0.3) is 5.69 Å². The largest absolute Gasteiger partial charge is 0.343 e. The van der Waals surface area contributed by atoms with Gasteiger partial charge in [-0.2, -0.15) is 0 Å². The molecule has 1 heterocycles. The molecule has 1 aromatic rings. The lowest BCUT2D eigenvalue weighted by Crippen LogP contribution is -2.40. The number of nitrogens with one attached hydrogen (secondary N) is 1. The quantitative estimate of drug-likeness (QED) is 0.449. The molecular weight excluding hydrogens is 348 g/mol. The van der Waals surface area contributed by atoms with E-state index in [1.54, 1.807) is 19.2 Å². The monoisotopic (exact) mass is 376 g/mol. The Balaban J connectivity index is 1.80. The number of benzene rings is 1. The molecule has 0 aromatic heterocycles. The molecule has 0 unspecified atom stereocenters. The first-order valence-corrected chi connectivity index (χ1v) is 9.43. The third-order valence-corrected chi connectivity index (χ3v) is 5.02. The maximum absolute atomic E-state index is 12.3. The van der Waals surface area contributed by atoms with Crippen molar-refractivity contribution in [2.24, 2.45) is 0 Å². The van der Waals surface area contributed by atoms with Crippen LogP contribution in [0.4, 0.5) is 10.5 Å². The van der Waals surface area contributed by atoms with Crippen molar-refractivity contribution in [1.29, 1.82) is 0 Å². The molecule has 1 atom stereocenters. The predicted molar refractivity (Wildman–Crippen MR) is 102 cm³/mol. The van der Waals surface area contributed by atoms with Crippen molar-refractivity contribution in [2.45, 2.75) is 45.1 Å². The van der Waals surface area contributed by atoms with E-state index in [1.807, 2.05) is 11.8 Å². The number of non-ortho nitro benzene ring substituents is 1. The van der Waals surface area contributed by atoms with Gasteiger partial charge in [0, 0.05) is 45.2 Å². The Morgan fingerprint density at radius 2 is 2.15 bits per heavy atom. The highest BCUT2D eigenvalue weighted by atomic mass is 16.6. The number of rotatable bonds is 7. The molecule has 1 saturated heterocycles. The lowest BCUT2D eigenvalue weighted by Gasteiger charge is -2.26. The molecule has 0 bridgehead atoms. The summed E-state index contributed by atoms with van der Waals surface area (Å²) < 4.78 is 0. The summed E-state index contributed by atoms with van der Waals surface area (Å²) in [7, 11) is 1.66. The zero-order valence-corrected chi connectivity index (χ0v) is 16.0. The molecule has 2 rings (SSSR count). The van der Waals surface area contributed by atoms with Gasteiger partial charge in [-0.3, -0.25) is 14.9 Å². The van der Waals surface area contributed by atoms with Crippen LogP contribution < -0.4 is 5.32 Å². The molecule has 0 radical (unpaired) electrons. The number of nitro benzene ring substituents is 1. The summed E-state index contributed by atoms with van der Waals surface area (Å²) in [5.74, 6) is 0.204. The van der Waals surface area contributed by atoms with E-state index in [1.165, 1.54) is 17.0 Å². The summed E-state index contributed by atoms with van der Waals surface area (Å²) in [6.45, 7) is 3.77. The number of carbonyl (C=O) groups excluding carboxylic acids is 2. The fraction of sp³-hybridized carbons (Fsp3) is 0.579. The van der Waals surface area contributed by atoms with Crippen LogP contribution >= 0.6 is 0 Å². The highest BCUT2D eigenvalue weighted by Gasteiger charge is 2.20. The van der Waals surface area contributed by atoms with Gasteiger partial charge >= 0.3 is 6.03 Å². The zero-order valence-electron chi connectivity index (χ0n) is 16.0. The number of urea groups is 1. The van der Waals surface area contributed by atoms with Gasteiger partial charge in [0.2, 0.25) is 5.91 Å². The smallest absolute Gasteiger partial charge is 0.317 e. The fourth-order valence-electron chi connectivity index (χ4n) is 3.16. The van der Waals surface area contributed by atoms with Gasteiger partial charge in [0.1, 0.15) is 0 Å². The first-order valence-electron chi connectivity index (χ1n) is 9.43. The number of amides is 3. The SMILES string of the molecule is C[C@@H](c1cccc([N+](=O)[O-])c1)N(C)C(=O)NCCCN1CCCCCC1=O. The number of hydrogen-bond acceptors (Lipinski definition) is 4. The van der Waals surface area contributed by atoms with E-state index in [-0.39, 0.29) is 23.7 Å². The van der Waals surface area contributed by atoms with Crippen LogP contribution in [0.2, 0.25) is 0 Å². The Bertz CT molecular complexity index is 679. The minimum Gasteiger partial charge on any atom is -0.343 e. The summed E-state index contributed by atoms with van der Waals surface area (Å²) >= 11 is 0. The molecule has 0 saturated carbocycles. The van der Waals surface area contributed by atoms with E-state index >= 15 is 0 Å². The number of nitro groups is 1. The number of nitrogens with zero attached hydrogens (tertiary/aromatic N) is 3. The van der Waals surface area contributed by atoms with Crippen molar-refractivity contribution in [3.8, 4) is 0 Å². The molecule has 0 spiro atoms. The predicted octanol–water partition coefficient (Wildman–Crippen LogP) is 3.09. The number of carbonyl (C=O) groups is 2. The van der Waals surface area contributed by atoms with E-state index in [9.17, 15) is 19.7 Å². The van der Waals surface area contributed by atoms with Gasteiger partial charge in [0.05, 0.1) is 11.0 Å². The van der Waals surface area contributed by atoms with Crippen molar-refractivity contribution in [3.63, 3.8) is 0 Å². The third kappa shape index (κ3) is 5.94. The second-order valence-corrected chi connectivity index (χ2v) is 6.92. The van der Waals surface area contributed by atoms with E-state index in [4.69, 9.17) is 0 Å². The molecule has 0 aliphatic carbocycles. The Morgan fingerprint density at radius 3 is 2.89 bits per heavy atom. The molecule has 27 heavy (non-hydrogen) atoms. The van der Waals surface area contributed by atoms with Crippen LogP contribution in [-0.4, -0.2) is 53.3 Å². The molecule has 8 heteroatoms. The Kier molecular flexibility index (Phi) is 7.57. The number of hydrogen-bond donors (Lipinski definition) is 1. The highest BCUT2D eigenvalue weighted by molar-refractivity contribution is 5.76. The van der Waals surface area contributed by atoms with Crippen LogP contribution in [0.3, 0.4) is 0 Å². The highest BCUT2D eigenvalue weighted by Crippen LogP contribution is 2.23. The second kappa shape index (κ2) is 9.89. The van der Waals surface area contributed by atoms with E-state index in [0.717, 1.165) is 25.8 Å². The standard InChI is InChI=1S/C19H28N4O4/c1-15(16-8-6-9-17(14-16)23(26)27)21(2)19(25)20-11-7-13-22-12-5-3-4-10-18(22)24/h6,8-9,14-15H,3-5,7,10-13H2,1-2H3,(H,20,25)/t15-/m0/s1. The lowest BCUT2D eigenvalue weighted by molar-refractivity contribution is -0.384. The summed E-state index contributed by atoms with van der Waals surface area (Å²) in [5, 5.41) is 13.8. The van der Waals surface area contributed by atoms with E-state index < -0.39 is 4.92 Å². The normalized spacial score (nSPS) is 15.8. The lowest BCUT2D eigenvalue weighted by atomic mass is 10.1. The van der Waals surface area contributed by atoms with Gasteiger partial charge in [-0.1, -0.05) is 18.6 Å². The molecule has 8 nitrogen and oxygen atoms in total. The van der Waals surface area contributed by atoms with Crippen LogP contribution in [0, 0.1) is 10.1 Å². The summed E-state index contributed by atoms with van der Waals surface area (Å²) in [4.78, 5) is 38.2. The zero-order chi connectivity index (χ0) is 19.8.